The minimum absolute atomic E-state index is 0.266. The van der Waals surface area contributed by atoms with Crippen molar-refractivity contribution in [1.29, 1.82) is 5.26 Å². The molecule has 0 unspecified atom stereocenters. The summed E-state index contributed by atoms with van der Waals surface area (Å²) in [6.07, 6.45) is 0. The maximum Gasteiger partial charge on any atom is 0.129 e. The quantitative estimate of drug-likeness (QED) is 0.663. The summed E-state index contributed by atoms with van der Waals surface area (Å²) in [6, 6.07) is 15.0. The lowest BCUT2D eigenvalue weighted by Crippen LogP contribution is -1.99. The molecule has 0 fully saturated rings. The third kappa shape index (κ3) is 2.03. The van der Waals surface area contributed by atoms with E-state index < -0.39 is 0 Å². The normalized spacial score (nSPS) is 10.7. The zero-order valence-corrected chi connectivity index (χ0v) is 11.9. The number of nitriles is 1. The Kier molecular flexibility index (Phi) is 3.35. The third-order valence-corrected chi connectivity index (χ3v) is 3.59. The first-order chi connectivity index (χ1) is 9.74. The minimum atomic E-state index is 0.266. The molecule has 0 aliphatic carbocycles. The topological polar surface area (TPSA) is 41.6 Å². The second-order valence-corrected chi connectivity index (χ2v) is 4.94. The van der Waals surface area contributed by atoms with E-state index in [4.69, 9.17) is 28.5 Å². The lowest BCUT2D eigenvalue weighted by Gasteiger charge is -2.08. The summed E-state index contributed by atoms with van der Waals surface area (Å²) in [6.45, 7) is 0. The van der Waals surface area contributed by atoms with Gasteiger partial charge in [0.25, 0.3) is 0 Å². The Morgan fingerprint density at radius 3 is 2.75 bits per heavy atom. The van der Waals surface area contributed by atoms with Gasteiger partial charge >= 0.3 is 0 Å². The Balaban J connectivity index is 2.37. The fourth-order valence-corrected chi connectivity index (χ4v) is 2.65. The molecule has 0 spiro atoms. The lowest BCUT2D eigenvalue weighted by molar-refractivity contribution is 0.981. The van der Waals surface area contributed by atoms with E-state index in [2.05, 4.69) is 11.1 Å². The minimum Gasteiger partial charge on any atom is -0.294 e. The van der Waals surface area contributed by atoms with Crippen LogP contribution in [0.5, 0.6) is 0 Å². The van der Waals surface area contributed by atoms with Crippen LogP contribution in [-0.4, -0.2) is 9.55 Å². The predicted octanol–water partition coefficient (Wildman–Crippen LogP) is 4.29. The standard InChI is InChI=1S/C15H9Cl2N3/c16-8-14-19-13-6-2-5-12(17)15(13)20(14)11-4-1-3-10(7-11)9-18/h1-7H,8H2. The first-order valence-electron chi connectivity index (χ1n) is 5.97. The second-order valence-electron chi connectivity index (χ2n) is 4.27. The first-order valence-corrected chi connectivity index (χ1v) is 6.88. The molecular formula is C15H9Cl2N3. The van der Waals surface area contributed by atoms with Crippen LogP contribution >= 0.6 is 23.2 Å². The number of rotatable bonds is 2. The van der Waals surface area contributed by atoms with Crippen LogP contribution in [0.15, 0.2) is 42.5 Å². The van der Waals surface area contributed by atoms with Crippen molar-refractivity contribution in [1.82, 2.24) is 9.55 Å². The summed E-state index contributed by atoms with van der Waals surface area (Å²) in [5, 5.41) is 9.63. The predicted molar refractivity (Wildman–Crippen MR) is 80.4 cm³/mol. The highest BCUT2D eigenvalue weighted by Gasteiger charge is 2.14. The van der Waals surface area contributed by atoms with Crippen LogP contribution in [0, 0.1) is 11.3 Å². The van der Waals surface area contributed by atoms with Crippen molar-refractivity contribution >= 4 is 34.2 Å². The molecule has 2 aromatic carbocycles. The highest BCUT2D eigenvalue weighted by molar-refractivity contribution is 6.35. The van der Waals surface area contributed by atoms with Gasteiger partial charge in [0, 0.05) is 5.69 Å². The number of imidazole rings is 1. The molecule has 5 heteroatoms. The van der Waals surface area contributed by atoms with Crippen molar-refractivity contribution in [2.45, 2.75) is 5.88 Å². The summed E-state index contributed by atoms with van der Waals surface area (Å²) in [4.78, 5) is 4.49. The largest absolute Gasteiger partial charge is 0.294 e. The second kappa shape index (κ2) is 5.16. The molecule has 20 heavy (non-hydrogen) atoms. The van der Waals surface area contributed by atoms with Gasteiger partial charge in [-0.25, -0.2) is 4.98 Å². The number of alkyl halides is 1. The SMILES string of the molecule is N#Cc1cccc(-n2c(CCl)nc3cccc(Cl)c32)c1. The summed E-state index contributed by atoms with van der Waals surface area (Å²) in [7, 11) is 0. The van der Waals surface area contributed by atoms with Gasteiger partial charge in [-0.05, 0) is 30.3 Å². The number of para-hydroxylation sites is 1. The zero-order valence-electron chi connectivity index (χ0n) is 10.3. The zero-order chi connectivity index (χ0) is 14.1. The Hall–Kier alpha value is -2.02. The van der Waals surface area contributed by atoms with E-state index in [9.17, 15) is 0 Å². The van der Waals surface area contributed by atoms with E-state index in [0.29, 0.717) is 16.4 Å². The Labute approximate surface area is 126 Å². The summed E-state index contributed by atoms with van der Waals surface area (Å²) in [5.74, 6) is 0.965. The molecular weight excluding hydrogens is 293 g/mol. The van der Waals surface area contributed by atoms with Crippen LogP contribution in [0.4, 0.5) is 0 Å². The molecule has 0 atom stereocenters. The van der Waals surface area contributed by atoms with Crippen LogP contribution in [0.1, 0.15) is 11.4 Å². The van der Waals surface area contributed by atoms with E-state index in [0.717, 1.165) is 16.7 Å². The van der Waals surface area contributed by atoms with Crippen LogP contribution in [-0.2, 0) is 5.88 Å². The Morgan fingerprint density at radius 2 is 2.00 bits per heavy atom. The molecule has 3 nitrogen and oxygen atoms in total. The fraction of sp³-hybridized carbons (Fsp3) is 0.0667. The van der Waals surface area contributed by atoms with Gasteiger partial charge in [-0.15, -0.1) is 11.6 Å². The molecule has 0 aliphatic rings. The molecule has 0 saturated carbocycles. The van der Waals surface area contributed by atoms with Crippen molar-refractivity contribution in [3.63, 3.8) is 0 Å². The molecule has 0 aliphatic heterocycles. The monoisotopic (exact) mass is 301 g/mol. The van der Waals surface area contributed by atoms with Gasteiger partial charge in [-0.1, -0.05) is 23.7 Å². The average molecular weight is 302 g/mol. The molecule has 0 amide bonds. The van der Waals surface area contributed by atoms with E-state index in [1.165, 1.54) is 0 Å². The smallest absolute Gasteiger partial charge is 0.129 e. The number of nitrogens with zero attached hydrogens (tertiary/aromatic N) is 3. The molecule has 0 bridgehead atoms. The van der Waals surface area contributed by atoms with Gasteiger partial charge in [-0.2, -0.15) is 5.26 Å². The van der Waals surface area contributed by atoms with Crippen molar-refractivity contribution in [3.05, 3.63) is 58.9 Å². The van der Waals surface area contributed by atoms with Crippen molar-refractivity contribution in [3.8, 4) is 11.8 Å². The van der Waals surface area contributed by atoms with Gasteiger partial charge in [0.15, 0.2) is 0 Å². The van der Waals surface area contributed by atoms with E-state index in [1.807, 2.05) is 34.9 Å². The van der Waals surface area contributed by atoms with E-state index in [-0.39, 0.29) is 5.88 Å². The highest BCUT2D eigenvalue weighted by atomic mass is 35.5. The fourth-order valence-electron chi connectivity index (χ4n) is 2.22. The first kappa shape index (κ1) is 13.0. The van der Waals surface area contributed by atoms with Crippen molar-refractivity contribution in [2.24, 2.45) is 0 Å². The van der Waals surface area contributed by atoms with Crippen LogP contribution in [0.25, 0.3) is 16.7 Å². The number of benzene rings is 2. The Bertz CT molecular complexity index is 831. The molecule has 98 valence electrons. The number of hydrogen-bond acceptors (Lipinski definition) is 2. The van der Waals surface area contributed by atoms with Crippen LogP contribution in [0.2, 0.25) is 5.02 Å². The van der Waals surface area contributed by atoms with Gasteiger partial charge < -0.3 is 0 Å². The third-order valence-electron chi connectivity index (χ3n) is 3.05. The van der Waals surface area contributed by atoms with Gasteiger partial charge in [0.2, 0.25) is 0 Å². The average Bonchev–Trinajstić information content (AvgIpc) is 2.87. The van der Waals surface area contributed by atoms with Gasteiger partial charge in [0.1, 0.15) is 5.82 Å². The van der Waals surface area contributed by atoms with E-state index in [1.54, 1.807) is 12.1 Å². The lowest BCUT2D eigenvalue weighted by atomic mass is 10.2. The van der Waals surface area contributed by atoms with Crippen molar-refractivity contribution in [2.75, 3.05) is 0 Å². The molecule has 0 N–H and O–H groups in total. The number of fused-ring (bicyclic) bond motifs is 1. The molecule has 0 radical (unpaired) electrons. The highest BCUT2D eigenvalue weighted by Crippen LogP contribution is 2.28. The van der Waals surface area contributed by atoms with E-state index >= 15 is 0 Å². The molecule has 1 heterocycles. The maximum atomic E-state index is 9.03. The summed E-state index contributed by atoms with van der Waals surface area (Å²) in [5.41, 5.74) is 3.00. The van der Waals surface area contributed by atoms with Crippen molar-refractivity contribution < 1.29 is 0 Å². The van der Waals surface area contributed by atoms with Gasteiger partial charge in [-0.3, -0.25) is 4.57 Å². The summed E-state index contributed by atoms with van der Waals surface area (Å²) >= 11 is 12.3. The number of halogens is 2. The molecule has 3 aromatic rings. The van der Waals surface area contributed by atoms with Crippen LogP contribution < -0.4 is 0 Å². The maximum absolute atomic E-state index is 9.03. The van der Waals surface area contributed by atoms with Crippen LogP contribution in [0.3, 0.4) is 0 Å². The van der Waals surface area contributed by atoms with Gasteiger partial charge in [0.05, 0.1) is 33.6 Å². The Morgan fingerprint density at radius 1 is 1.20 bits per heavy atom. The molecule has 1 aromatic heterocycles. The number of hydrogen-bond donors (Lipinski definition) is 0. The molecule has 0 saturated heterocycles. The molecule has 3 rings (SSSR count). The number of aromatic nitrogens is 2. The summed E-state index contributed by atoms with van der Waals surface area (Å²) < 4.78 is 1.89.